The zero-order valence-corrected chi connectivity index (χ0v) is 14.9. The van der Waals surface area contributed by atoms with E-state index in [1.165, 1.54) is 0 Å². The van der Waals surface area contributed by atoms with Gasteiger partial charge in [0.05, 0.1) is 11.2 Å². The topological polar surface area (TPSA) is 59.4 Å². The van der Waals surface area contributed by atoms with Crippen molar-refractivity contribution >= 4 is 24.1 Å². The van der Waals surface area contributed by atoms with Crippen molar-refractivity contribution in [2.24, 2.45) is 5.92 Å². The lowest BCUT2D eigenvalue weighted by molar-refractivity contribution is -0.120. The van der Waals surface area contributed by atoms with Crippen molar-refractivity contribution in [2.75, 3.05) is 0 Å². The van der Waals surface area contributed by atoms with Gasteiger partial charge in [-0.25, -0.2) is 0 Å². The number of hydrogen-bond donors (Lipinski definition) is 1. The van der Waals surface area contributed by atoms with E-state index in [-0.39, 0.29) is 29.3 Å². The van der Waals surface area contributed by atoms with Crippen LogP contribution in [-0.2, 0) is 14.1 Å². The van der Waals surface area contributed by atoms with Gasteiger partial charge in [-0.1, -0.05) is 38.1 Å². The van der Waals surface area contributed by atoms with Gasteiger partial charge in [-0.2, -0.15) is 0 Å². The zero-order valence-electron chi connectivity index (χ0n) is 14.9. The number of carbonyl (C=O) groups is 1. The third kappa shape index (κ3) is 3.73. The van der Waals surface area contributed by atoms with Crippen molar-refractivity contribution < 1.29 is 14.1 Å². The highest BCUT2D eigenvalue weighted by Crippen LogP contribution is 2.36. The van der Waals surface area contributed by atoms with Crippen molar-refractivity contribution in [1.82, 2.24) is 0 Å². The molecule has 1 fully saturated rings. The molecule has 0 atom stereocenters. The summed E-state index contributed by atoms with van der Waals surface area (Å²) in [5, 5.41) is 8.08. The van der Waals surface area contributed by atoms with Crippen molar-refractivity contribution in [3.05, 3.63) is 29.8 Å². The molecule has 0 radical (unpaired) electrons. The van der Waals surface area contributed by atoms with Crippen LogP contribution in [0.15, 0.2) is 24.3 Å². The molecule has 0 bridgehead atoms. The lowest BCUT2D eigenvalue weighted by atomic mass is 9.78. The first kappa shape index (κ1) is 17.9. The average Bonchev–Trinajstić information content (AvgIpc) is 2.67. The molecule has 0 aliphatic carbocycles. The molecule has 1 N–H and O–H groups in total. The van der Waals surface area contributed by atoms with Crippen molar-refractivity contribution in [3.8, 4) is 0 Å². The Bertz CT molecular complexity index is 589. The number of hydrogen-bond acceptors (Lipinski definition) is 4. The third-order valence-electron chi connectivity index (χ3n) is 4.78. The predicted octanol–water partition coefficient (Wildman–Crippen LogP) is 2.97. The summed E-state index contributed by atoms with van der Waals surface area (Å²) in [6.45, 7) is 11.8. The number of nitrogens with one attached hydrogen (secondary N) is 1. The van der Waals surface area contributed by atoms with Gasteiger partial charge in [0.2, 0.25) is 0 Å². The molecule has 1 aromatic rings. The van der Waals surface area contributed by atoms with Crippen LogP contribution in [0.1, 0.15) is 53.5 Å². The fourth-order valence-corrected chi connectivity index (χ4v) is 2.30. The minimum Gasteiger partial charge on any atom is -0.399 e. The Hall–Kier alpha value is -1.46. The maximum atomic E-state index is 11.8. The van der Waals surface area contributed by atoms with E-state index >= 15 is 0 Å². The number of Topliss-reactive ketones (excluding diaryl/α,β-unsaturated/α-hetero) is 1. The first-order valence-corrected chi connectivity index (χ1v) is 8.09. The highest BCUT2D eigenvalue weighted by Gasteiger charge is 2.51. The van der Waals surface area contributed by atoms with E-state index in [1.54, 1.807) is 0 Å². The molecule has 1 aliphatic heterocycles. The Morgan fingerprint density at radius 1 is 1.09 bits per heavy atom. The van der Waals surface area contributed by atoms with Crippen LogP contribution in [-0.4, -0.2) is 29.8 Å². The van der Waals surface area contributed by atoms with Crippen LogP contribution in [0.3, 0.4) is 0 Å². The third-order valence-corrected chi connectivity index (χ3v) is 4.78. The van der Waals surface area contributed by atoms with Crippen LogP contribution < -0.4 is 5.46 Å². The van der Waals surface area contributed by atoms with E-state index in [0.29, 0.717) is 5.71 Å². The molecule has 1 heterocycles. The van der Waals surface area contributed by atoms with Gasteiger partial charge in [0, 0.05) is 18.1 Å². The molecule has 124 valence electrons. The second kappa shape index (κ2) is 6.21. The second-order valence-electron chi connectivity index (χ2n) is 7.49. The van der Waals surface area contributed by atoms with Crippen LogP contribution in [0.4, 0.5) is 0 Å². The first-order chi connectivity index (χ1) is 10.5. The summed E-state index contributed by atoms with van der Waals surface area (Å²) in [4.78, 5) is 11.8. The Morgan fingerprint density at radius 2 is 1.57 bits per heavy atom. The summed E-state index contributed by atoms with van der Waals surface area (Å²) in [5.74, 6) is 0.0458. The molecule has 1 saturated heterocycles. The highest BCUT2D eigenvalue weighted by molar-refractivity contribution is 6.62. The first-order valence-electron chi connectivity index (χ1n) is 8.09. The monoisotopic (exact) mass is 315 g/mol. The summed E-state index contributed by atoms with van der Waals surface area (Å²) in [6.07, 6.45) is 0.174. The zero-order chi connectivity index (χ0) is 17.4. The molecule has 1 aliphatic rings. The van der Waals surface area contributed by atoms with Gasteiger partial charge in [-0.15, -0.1) is 0 Å². The summed E-state index contributed by atoms with van der Waals surface area (Å²) in [6, 6.07) is 7.53. The smallest absolute Gasteiger partial charge is 0.399 e. The van der Waals surface area contributed by atoms with Crippen molar-refractivity contribution in [1.29, 1.82) is 5.41 Å². The maximum absolute atomic E-state index is 11.8. The normalized spacial score (nSPS) is 19.2. The summed E-state index contributed by atoms with van der Waals surface area (Å²) in [7, 11) is -0.402. The van der Waals surface area contributed by atoms with Crippen molar-refractivity contribution in [3.63, 3.8) is 0 Å². The number of rotatable bonds is 5. The lowest BCUT2D eigenvalue weighted by Gasteiger charge is -2.32. The molecule has 0 spiro atoms. The Morgan fingerprint density at radius 3 is 2.00 bits per heavy atom. The fraction of sp³-hybridized carbons (Fsp3) is 0.556. The van der Waals surface area contributed by atoms with Gasteiger partial charge in [-0.3, -0.25) is 4.79 Å². The van der Waals surface area contributed by atoms with E-state index in [4.69, 9.17) is 14.7 Å². The predicted molar refractivity (Wildman–Crippen MR) is 93.4 cm³/mol. The number of carbonyl (C=O) groups excluding carboxylic acids is 1. The Kier molecular flexibility index (Phi) is 4.83. The van der Waals surface area contributed by atoms with Gasteiger partial charge in [0.15, 0.2) is 0 Å². The van der Waals surface area contributed by atoms with Gasteiger partial charge in [0.25, 0.3) is 0 Å². The van der Waals surface area contributed by atoms with Crippen LogP contribution in [0.5, 0.6) is 0 Å². The second-order valence-corrected chi connectivity index (χ2v) is 7.49. The lowest BCUT2D eigenvalue weighted by Crippen LogP contribution is -2.41. The van der Waals surface area contributed by atoms with Crippen LogP contribution >= 0.6 is 0 Å². The molecule has 1 aromatic carbocycles. The molecule has 5 heteroatoms. The molecule has 0 amide bonds. The molecule has 2 rings (SSSR count). The van der Waals surface area contributed by atoms with Crippen LogP contribution in [0, 0.1) is 11.3 Å². The molecule has 0 aromatic heterocycles. The highest BCUT2D eigenvalue weighted by atomic mass is 16.7. The summed E-state index contributed by atoms with van der Waals surface area (Å²) < 4.78 is 12.0. The van der Waals surface area contributed by atoms with Gasteiger partial charge < -0.3 is 14.7 Å². The quantitative estimate of drug-likeness (QED) is 0.671. The average molecular weight is 315 g/mol. The Labute approximate surface area is 139 Å². The molecule has 23 heavy (non-hydrogen) atoms. The number of benzene rings is 1. The van der Waals surface area contributed by atoms with E-state index < -0.39 is 7.12 Å². The van der Waals surface area contributed by atoms with Crippen LogP contribution in [0.2, 0.25) is 0 Å². The van der Waals surface area contributed by atoms with Crippen molar-refractivity contribution in [2.45, 2.75) is 59.2 Å². The minimum absolute atomic E-state index is 0.0422. The summed E-state index contributed by atoms with van der Waals surface area (Å²) >= 11 is 0. The van der Waals surface area contributed by atoms with E-state index in [2.05, 4.69) is 0 Å². The maximum Gasteiger partial charge on any atom is 0.494 e. The van der Waals surface area contributed by atoms with E-state index in [9.17, 15) is 4.79 Å². The SMILES string of the molecule is CC(C)C(=O)CC(=N)c1ccc(B2OC(C)(C)C(C)(C)O2)cc1. The largest absolute Gasteiger partial charge is 0.494 e. The summed E-state index contributed by atoms with van der Waals surface area (Å²) in [5.41, 5.74) is 1.30. The molecule has 4 nitrogen and oxygen atoms in total. The molecule has 0 saturated carbocycles. The fourth-order valence-electron chi connectivity index (χ4n) is 2.30. The van der Waals surface area contributed by atoms with Gasteiger partial charge in [-0.05, 0) is 38.7 Å². The molecular formula is C18H26BNO3. The van der Waals surface area contributed by atoms with Gasteiger partial charge >= 0.3 is 7.12 Å². The number of ketones is 1. The minimum atomic E-state index is -0.402. The van der Waals surface area contributed by atoms with E-state index in [0.717, 1.165) is 11.0 Å². The Balaban J connectivity index is 2.09. The van der Waals surface area contributed by atoms with E-state index in [1.807, 2.05) is 65.8 Å². The van der Waals surface area contributed by atoms with Gasteiger partial charge in [0.1, 0.15) is 5.78 Å². The molecule has 0 unspecified atom stereocenters. The van der Waals surface area contributed by atoms with Crippen LogP contribution in [0.25, 0.3) is 0 Å². The molecular weight excluding hydrogens is 289 g/mol. The standard InChI is InChI=1S/C18H26BNO3/c1-12(2)16(21)11-15(20)13-7-9-14(10-8-13)19-22-17(3,4)18(5,6)23-19/h7-10,12,20H,11H2,1-6H3.